The lowest BCUT2D eigenvalue weighted by Crippen LogP contribution is -2.44. The van der Waals surface area contributed by atoms with Gasteiger partial charge >= 0.3 is 6.18 Å². The van der Waals surface area contributed by atoms with E-state index in [0.29, 0.717) is 13.0 Å². The Morgan fingerprint density at radius 1 is 1.17 bits per heavy atom. The molecule has 0 radical (unpaired) electrons. The number of nitriles is 1. The van der Waals surface area contributed by atoms with Gasteiger partial charge in [-0.25, -0.2) is 0 Å². The number of benzene rings is 2. The molecular weight excluding hydrogens is 413 g/mol. The molecule has 9 heteroatoms. The average Bonchev–Trinajstić information content (AvgIpc) is 2.85. The van der Waals surface area contributed by atoms with Gasteiger partial charge in [0.2, 0.25) is 0 Å². The van der Waals surface area contributed by atoms with Crippen LogP contribution in [-0.2, 0) is 12.6 Å². The van der Waals surface area contributed by atoms with Crippen molar-refractivity contribution in [2.24, 2.45) is 0 Å². The van der Waals surface area contributed by atoms with Crippen LogP contribution in [0.25, 0.3) is 0 Å². The molecule has 2 N–H and O–H groups in total. The molecule has 3 rings (SSSR count). The highest BCUT2D eigenvalue weighted by Crippen LogP contribution is 2.38. The van der Waals surface area contributed by atoms with Crippen molar-refractivity contribution in [2.75, 3.05) is 11.4 Å². The smallest absolute Gasteiger partial charge is 0.417 e. The van der Waals surface area contributed by atoms with Crippen LogP contribution in [0.4, 0.5) is 18.9 Å². The van der Waals surface area contributed by atoms with Crippen LogP contribution in [0.2, 0.25) is 0 Å². The summed E-state index contributed by atoms with van der Waals surface area (Å²) < 4.78 is 40.1. The minimum Gasteiger partial charge on any atom is -0.508 e. The largest absolute Gasteiger partial charge is 0.508 e. The second-order valence-electron chi connectivity index (χ2n) is 7.43. The van der Waals surface area contributed by atoms with Crippen LogP contribution in [0.3, 0.4) is 0 Å². The fourth-order valence-electron chi connectivity index (χ4n) is 3.38. The van der Waals surface area contributed by atoms with Gasteiger partial charge in [-0.3, -0.25) is 10.3 Å². The molecule has 0 aliphatic carbocycles. The van der Waals surface area contributed by atoms with E-state index < -0.39 is 22.8 Å². The van der Waals surface area contributed by atoms with Gasteiger partial charge in [0.05, 0.1) is 28.4 Å². The average molecular weight is 432 g/mol. The molecule has 1 fully saturated rings. The first-order chi connectivity index (χ1) is 14.0. The molecule has 0 bridgehead atoms. The lowest BCUT2D eigenvalue weighted by Gasteiger charge is -2.30. The van der Waals surface area contributed by atoms with E-state index in [1.807, 2.05) is 0 Å². The summed E-state index contributed by atoms with van der Waals surface area (Å²) in [5.74, 6) is 0.209. The van der Waals surface area contributed by atoms with Crippen molar-refractivity contribution in [3.63, 3.8) is 0 Å². The normalized spacial score (nSPS) is 16.1. The topological polar surface area (TPSA) is 74.4 Å². The number of anilines is 1. The first kappa shape index (κ1) is 21.6. The molecule has 0 aromatic heterocycles. The second kappa shape index (κ2) is 7.61. The Balaban J connectivity index is 1.92. The summed E-state index contributed by atoms with van der Waals surface area (Å²) in [6, 6.07) is 11.6. The molecule has 0 spiro atoms. The predicted octanol–water partition coefficient (Wildman–Crippen LogP) is 4.69. The van der Waals surface area contributed by atoms with E-state index in [2.05, 4.69) is 0 Å². The van der Waals surface area contributed by atoms with Gasteiger partial charge in [-0.15, -0.1) is 0 Å². The zero-order chi connectivity index (χ0) is 22.3. The monoisotopic (exact) mass is 432 g/mol. The number of hydrogen-bond acceptors (Lipinski definition) is 4. The number of halogens is 3. The summed E-state index contributed by atoms with van der Waals surface area (Å²) in [6.45, 7) is 4.01. The van der Waals surface area contributed by atoms with Crippen LogP contribution in [0.5, 0.6) is 5.75 Å². The summed E-state index contributed by atoms with van der Waals surface area (Å²) in [5, 5.41) is 27.2. The molecule has 2 aromatic rings. The lowest BCUT2D eigenvalue weighted by molar-refractivity contribution is -0.137. The third-order valence-electron chi connectivity index (χ3n) is 5.15. The number of nitrogens with one attached hydrogen (secondary N) is 1. The zero-order valence-electron chi connectivity index (χ0n) is 16.3. The number of phenolic OH excluding ortho intramolecular Hbond substituents is 1. The van der Waals surface area contributed by atoms with E-state index in [1.54, 1.807) is 49.1 Å². The quantitative estimate of drug-likeness (QED) is 0.686. The summed E-state index contributed by atoms with van der Waals surface area (Å²) in [6.07, 6.45) is -4.12. The molecule has 2 aromatic carbocycles. The number of hydrogen-bond donors (Lipinski definition) is 2. The summed E-state index contributed by atoms with van der Waals surface area (Å²) in [7, 11) is 0. The lowest BCUT2D eigenvalue weighted by atomic mass is 10.0. The molecule has 30 heavy (non-hydrogen) atoms. The Bertz CT molecular complexity index is 1040. The number of alkyl halides is 3. The maximum absolute atomic E-state index is 13.4. The Kier molecular flexibility index (Phi) is 5.48. The van der Waals surface area contributed by atoms with E-state index in [9.17, 15) is 18.3 Å². The van der Waals surface area contributed by atoms with Crippen LogP contribution < -0.4 is 4.90 Å². The molecule has 1 aliphatic rings. The minimum absolute atomic E-state index is 0.0519. The number of aromatic hydroxyl groups is 1. The Labute approximate surface area is 177 Å². The molecule has 0 unspecified atom stereocenters. The Morgan fingerprint density at radius 2 is 1.80 bits per heavy atom. The van der Waals surface area contributed by atoms with Crippen molar-refractivity contribution in [1.29, 1.82) is 10.7 Å². The molecule has 0 saturated carbocycles. The zero-order valence-corrected chi connectivity index (χ0v) is 17.1. The van der Waals surface area contributed by atoms with E-state index >= 15 is 0 Å². The first-order valence-corrected chi connectivity index (χ1v) is 9.47. The van der Waals surface area contributed by atoms with Crippen molar-refractivity contribution >= 4 is 28.9 Å². The van der Waals surface area contributed by atoms with Crippen LogP contribution in [0, 0.1) is 16.7 Å². The maximum atomic E-state index is 13.4. The maximum Gasteiger partial charge on any atom is 0.417 e. The molecule has 0 amide bonds. The standard InChI is InChI=1S/C21H19F3N4OS/c1-20(2)18(26)28(15-6-5-14(12-25)17(11-15)21(22,23)24)19(30)27(20)10-9-13-3-7-16(29)8-4-13/h3-8,11,26,29H,9-10H2,1-2H3. The van der Waals surface area contributed by atoms with Gasteiger partial charge in [-0.1, -0.05) is 12.1 Å². The van der Waals surface area contributed by atoms with Crippen LogP contribution in [0.15, 0.2) is 42.5 Å². The van der Waals surface area contributed by atoms with Gasteiger partial charge in [0.1, 0.15) is 11.6 Å². The second-order valence-corrected chi connectivity index (χ2v) is 7.80. The highest BCUT2D eigenvalue weighted by atomic mass is 32.1. The minimum atomic E-state index is -4.70. The number of nitrogens with zero attached hydrogens (tertiary/aromatic N) is 3. The third-order valence-corrected chi connectivity index (χ3v) is 5.55. The summed E-state index contributed by atoms with van der Waals surface area (Å²) in [5.41, 5.74) is -1.32. The molecule has 1 aliphatic heterocycles. The highest BCUT2D eigenvalue weighted by molar-refractivity contribution is 7.80. The Morgan fingerprint density at radius 3 is 2.37 bits per heavy atom. The molecule has 0 atom stereocenters. The molecular formula is C21H19F3N4OS. The van der Waals surface area contributed by atoms with Crippen molar-refractivity contribution in [1.82, 2.24) is 4.90 Å². The van der Waals surface area contributed by atoms with Crippen molar-refractivity contribution in [3.8, 4) is 11.8 Å². The fraction of sp³-hybridized carbons (Fsp3) is 0.286. The van der Waals surface area contributed by atoms with Gasteiger partial charge in [0.15, 0.2) is 5.11 Å². The molecule has 1 saturated heterocycles. The number of amidine groups is 1. The Hall–Kier alpha value is -3.12. The van der Waals surface area contributed by atoms with Gasteiger partial charge in [0.25, 0.3) is 0 Å². The van der Waals surface area contributed by atoms with E-state index in [4.69, 9.17) is 22.9 Å². The van der Waals surface area contributed by atoms with Crippen molar-refractivity contribution in [2.45, 2.75) is 32.0 Å². The van der Waals surface area contributed by atoms with Gasteiger partial charge in [0, 0.05) is 6.54 Å². The molecule has 1 heterocycles. The van der Waals surface area contributed by atoms with E-state index in [1.165, 1.54) is 11.0 Å². The summed E-state index contributed by atoms with van der Waals surface area (Å²) in [4.78, 5) is 3.10. The molecule has 156 valence electrons. The predicted molar refractivity (Wildman–Crippen MR) is 112 cm³/mol. The van der Waals surface area contributed by atoms with Gasteiger partial charge < -0.3 is 10.0 Å². The van der Waals surface area contributed by atoms with E-state index in [-0.39, 0.29) is 22.4 Å². The van der Waals surface area contributed by atoms with Crippen molar-refractivity contribution < 1.29 is 18.3 Å². The van der Waals surface area contributed by atoms with Crippen LogP contribution in [0.1, 0.15) is 30.5 Å². The fourth-order valence-corrected chi connectivity index (χ4v) is 3.89. The SMILES string of the molecule is CC1(C)C(=N)N(c2ccc(C#N)c(C(F)(F)F)c2)C(=S)N1CCc1ccc(O)cc1. The molecule has 5 nitrogen and oxygen atoms in total. The number of rotatable bonds is 4. The number of phenols is 1. The summed E-state index contributed by atoms with van der Waals surface area (Å²) >= 11 is 5.53. The van der Waals surface area contributed by atoms with E-state index in [0.717, 1.165) is 17.7 Å². The van der Waals surface area contributed by atoms with Crippen LogP contribution in [-0.4, -0.2) is 33.0 Å². The van der Waals surface area contributed by atoms with Crippen molar-refractivity contribution in [3.05, 3.63) is 59.2 Å². The number of thiocarbonyl (C=S) groups is 1. The highest BCUT2D eigenvalue weighted by Gasteiger charge is 2.46. The van der Waals surface area contributed by atoms with Gasteiger partial charge in [-0.05, 0) is 68.4 Å². The third kappa shape index (κ3) is 3.83. The first-order valence-electron chi connectivity index (χ1n) is 9.07. The van der Waals surface area contributed by atoms with Gasteiger partial charge in [-0.2, -0.15) is 18.4 Å². The van der Waals surface area contributed by atoms with Crippen LogP contribution >= 0.6 is 12.2 Å².